The third kappa shape index (κ3) is 6.74. The molecule has 10 heteroatoms. The molecule has 0 aromatic heterocycles. The van der Waals surface area contributed by atoms with E-state index in [9.17, 15) is 19.7 Å². The number of phenols is 1. The minimum Gasteiger partial charge on any atom is -0.508 e. The van der Waals surface area contributed by atoms with E-state index in [1.54, 1.807) is 36.4 Å². The fourth-order valence-corrected chi connectivity index (χ4v) is 13.6. The van der Waals surface area contributed by atoms with Gasteiger partial charge < -0.3 is 24.5 Å². The molecular formula is C45H45BN2O6Si. The van der Waals surface area contributed by atoms with Gasteiger partial charge in [0.1, 0.15) is 5.75 Å². The summed E-state index contributed by atoms with van der Waals surface area (Å²) >= 11 is 0. The van der Waals surface area contributed by atoms with E-state index in [-0.39, 0.29) is 35.6 Å². The summed E-state index contributed by atoms with van der Waals surface area (Å²) in [6.07, 6.45) is 0.101. The topological polar surface area (TPSA) is 108 Å². The number of carbonyl (C=O) groups excluding carboxylic acids is 2. The standard InChI is InChI=1S/C45H45BN2O6Si/c1-45(2,3)55(36-15-9-5-10-16-36,37-17-11-6-12-18-37)53-29-31-27-39-41(38-28-40(54-46(52)42(31)38)30-19-25-35(49)26-20-30)44(51)48(43(39)50)34-23-21-33(22-24-34)47-32-13-7-4-8-14-32/h4-26,38-41,47,49,52H,27-29H2,1-3H3/t38-,39-,40-,41+/m0/s1. The summed E-state index contributed by atoms with van der Waals surface area (Å²) in [4.78, 5) is 30.5. The number of rotatable bonds is 9. The predicted molar refractivity (Wildman–Crippen MR) is 219 cm³/mol. The lowest BCUT2D eigenvalue weighted by Gasteiger charge is -2.45. The number of hydrogen-bond acceptors (Lipinski definition) is 7. The zero-order valence-corrected chi connectivity index (χ0v) is 32.3. The highest BCUT2D eigenvalue weighted by molar-refractivity contribution is 6.99. The van der Waals surface area contributed by atoms with Crippen LogP contribution in [0.2, 0.25) is 5.04 Å². The number of benzene rings is 5. The molecule has 0 bridgehead atoms. The lowest BCUT2D eigenvalue weighted by Crippen LogP contribution is -2.66. The van der Waals surface area contributed by atoms with Crippen LogP contribution in [-0.4, -0.2) is 44.0 Å². The molecule has 2 heterocycles. The number of carbonyl (C=O) groups is 2. The van der Waals surface area contributed by atoms with E-state index in [2.05, 4.69) is 50.4 Å². The zero-order chi connectivity index (χ0) is 38.3. The van der Waals surface area contributed by atoms with Gasteiger partial charge in [-0.3, -0.25) is 14.5 Å². The number of allylic oxidation sites excluding steroid dienone is 1. The lowest BCUT2D eigenvalue weighted by molar-refractivity contribution is -0.123. The average Bonchev–Trinajstić information content (AvgIpc) is 3.44. The summed E-state index contributed by atoms with van der Waals surface area (Å²) in [5.41, 5.74) is 4.50. The molecule has 0 unspecified atom stereocenters. The minimum atomic E-state index is -3.00. The van der Waals surface area contributed by atoms with Crippen LogP contribution in [0.5, 0.6) is 5.75 Å². The normalized spacial score (nSPS) is 21.4. The molecule has 278 valence electrons. The molecule has 2 saturated heterocycles. The Kier molecular flexibility index (Phi) is 9.85. The van der Waals surface area contributed by atoms with Gasteiger partial charge in [0.05, 0.1) is 30.2 Å². The number of anilines is 3. The number of fused-ring (bicyclic) bond motifs is 3. The number of para-hydroxylation sites is 1. The van der Waals surface area contributed by atoms with E-state index < -0.39 is 39.3 Å². The van der Waals surface area contributed by atoms with Crippen LogP contribution in [-0.2, 0) is 18.7 Å². The second-order valence-corrected chi connectivity index (χ2v) is 20.1. The zero-order valence-electron chi connectivity index (χ0n) is 31.3. The Hall–Kier alpha value is -5.26. The van der Waals surface area contributed by atoms with E-state index in [0.29, 0.717) is 17.6 Å². The number of phenolic OH excluding ortho intramolecular Hbond substituents is 1. The molecule has 3 N–H and O–H groups in total. The number of nitrogens with zero attached hydrogens (tertiary/aromatic N) is 1. The molecule has 0 saturated carbocycles. The Balaban J connectivity index is 1.17. The van der Waals surface area contributed by atoms with Gasteiger partial charge in [-0.15, -0.1) is 0 Å². The summed E-state index contributed by atoms with van der Waals surface area (Å²) in [5.74, 6) is -2.18. The number of nitrogens with one attached hydrogen (secondary N) is 1. The molecule has 2 amide bonds. The molecule has 5 aromatic rings. The molecule has 5 aromatic carbocycles. The maximum atomic E-state index is 14.6. The second-order valence-electron chi connectivity index (χ2n) is 15.8. The van der Waals surface area contributed by atoms with Crippen LogP contribution in [0.25, 0.3) is 0 Å². The smallest absolute Gasteiger partial charge is 0.487 e. The first-order valence-corrected chi connectivity index (χ1v) is 20.9. The van der Waals surface area contributed by atoms with Gasteiger partial charge in [0, 0.05) is 11.4 Å². The van der Waals surface area contributed by atoms with Crippen molar-refractivity contribution >= 4 is 54.7 Å². The Morgan fingerprint density at radius 3 is 1.91 bits per heavy atom. The molecule has 0 radical (unpaired) electrons. The van der Waals surface area contributed by atoms with Gasteiger partial charge in [0.15, 0.2) is 0 Å². The lowest BCUT2D eigenvalue weighted by atomic mass is 9.55. The van der Waals surface area contributed by atoms with Gasteiger partial charge in [-0.05, 0) is 99.3 Å². The molecule has 2 fully saturated rings. The van der Waals surface area contributed by atoms with Gasteiger partial charge in [0.25, 0.3) is 8.32 Å². The third-order valence-corrected chi connectivity index (χ3v) is 16.5. The van der Waals surface area contributed by atoms with E-state index in [4.69, 9.17) is 9.08 Å². The first-order chi connectivity index (χ1) is 26.5. The van der Waals surface area contributed by atoms with Crippen LogP contribution < -0.4 is 20.6 Å². The fourth-order valence-electron chi connectivity index (χ4n) is 9.04. The molecule has 0 spiro atoms. The van der Waals surface area contributed by atoms with Crippen LogP contribution in [0.15, 0.2) is 151 Å². The van der Waals surface area contributed by atoms with Gasteiger partial charge in [0.2, 0.25) is 11.8 Å². The van der Waals surface area contributed by atoms with Crippen molar-refractivity contribution in [1.82, 2.24) is 0 Å². The molecule has 1 aliphatic carbocycles. The van der Waals surface area contributed by atoms with Gasteiger partial charge in [-0.25, -0.2) is 0 Å². The highest BCUT2D eigenvalue weighted by Crippen LogP contribution is 2.52. The van der Waals surface area contributed by atoms with Crippen LogP contribution in [0, 0.1) is 17.8 Å². The largest absolute Gasteiger partial charge is 0.508 e. The Labute approximate surface area is 323 Å². The van der Waals surface area contributed by atoms with Gasteiger partial charge in [-0.2, -0.15) is 0 Å². The van der Waals surface area contributed by atoms with Crippen LogP contribution in [0.3, 0.4) is 0 Å². The highest BCUT2D eigenvalue weighted by atomic mass is 28.4. The van der Waals surface area contributed by atoms with Crippen molar-refractivity contribution in [2.24, 2.45) is 17.8 Å². The molecule has 8 rings (SSSR count). The van der Waals surface area contributed by atoms with Crippen LogP contribution in [0.1, 0.15) is 45.3 Å². The number of amides is 2. The Bertz CT molecular complexity index is 2150. The third-order valence-electron chi connectivity index (χ3n) is 11.5. The van der Waals surface area contributed by atoms with Crippen molar-refractivity contribution in [1.29, 1.82) is 0 Å². The summed E-state index contributed by atoms with van der Waals surface area (Å²) < 4.78 is 13.7. The Morgan fingerprint density at radius 1 is 0.764 bits per heavy atom. The first-order valence-electron chi connectivity index (χ1n) is 18.9. The van der Waals surface area contributed by atoms with Crippen molar-refractivity contribution in [2.45, 2.75) is 44.8 Å². The van der Waals surface area contributed by atoms with Crippen molar-refractivity contribution in [3.05, 3.63) is 156 Å². The summed E-state index contributed by atoms with van der Waals surface area (Å²) in [7, 11) is -4.30. The molecule has 2 aliphatic heterocycles. The number of hydrogen-bond donors (Lipinski definition) is 3. The summed E-state index contributed by atoms with van der Waals surface area (Å²) in [5, 5.41) is 27.2. The van der Waals surface area contributed by atoms with Crippen molar-refractivity contribution in [3.63, 3.8) is 0 Å². The first kappa shape index (κ1) is 36.7. The summed E-state index contributed by atoms with van der Waals surface area (Å²) in [6, 6.07) is 44.6. The monoisotopic (exact) mass is 748 g/mol. The maximum Gasteiger partial charge on any atom is 0.487 e. The van der Waals surface area contributed by atoms with E-state index in [1.807, 2.05) is 78.9 Å². The number of imide groups is 1. The van der Waals surface area contributed by atoms with Crippen LogP contribution >= 0.6 is 0 Å². The van der Waals surface area contributed by atoms with E-state index >= 15 is 0 Å². The maximum absolute atomic E-state index is 14.6. The van der Waals surface area contributed by atoms with Crippen molar-refractivity contribution < 1.29 is 28.8 Å². The average molecular weight is 749 g/mol. The predicted octanol–water partition coefficient (Wildman–Crippen LogP) is 7.32. The van der Waals surface area contributed by atoms with Crippen LogP contribution in [0.4, 0.5) is 17.1 Å². The van der Waals surface area contributed by atoms with Gasteiger partial charge in [-0.1, -0.05) is 112 Å². The molecule has 8 nitrogen and oxygen atoms in total. The fraction of sp³-hybridized carbons (Fsp3) is 0.244. The second kappa shape index (κ2) is 14.8. The minimum absolute atomic E-state index is 0.124. The molecule has 4 atom stereocenters. The van der Waals surface area contributed by atoms with E-state index in [1.165, 1.54) is 4.90 Å². The van der Waals surface area contributed by atoms with Gasteiger partial charge >= 0.3 is 7.12 Å². The molecule has 55 heavy (non-hydrogen) atoms. The van der Waals surface area contributed by atoms with Crippen molar-refractivity contribution in [2.75, 3.05) is 16.8 Å². The molecule has 3 aliphatic rings. The molecular weight excluding hydrogens is 703 g/mol. The quantitative estimate of drug-likeness (QED) is 0.107. The highest BCUT2D eigenvalue weighted by Gasteiger charge is 2.59. The van der Waals surface area contributed by atoms with E-state index in [0.717, 1.165) is 32.9 Å². The summed E-state index contributed by atoms with van der Waals surface area (Å²) in [6.45, 7) is 6.83. The number of aromatic hydroxyl groups is 1. The SMILES string of the molecule is CC(C)(C)[Si](OCC1=C2B(O)O[C@H](c3ccc(O)cc3)C[C@H]2[C@H]2C(=O)N(c3ccc(Nc4ccccc4)cc3)C(=O)[C@H]2C1)(c1ccccc1)c1ccccc1. The van der Waals surface area contributed by atoms with Crippen molar-refractivity contribution in [3.8, 4) is 5.75 Å². The Morgan fingerprint density at radius 2 is 1.33 bits per heavy atom.